The highest BCUT2D eigenvalue weighted by Crippen LogP contribution is 2.35. The number of carbonyl (C=O) groups is 1. The van der Waals surface area contributed by atoms with E-state index < -0.39 is 0 Å². The maximum atomic E-state index is 13.8. The monoisotopic (exact) mass is 489 g/mol. The van der Waals surface area contributed by atoms with E-state index >= 15 is 0 Å². The Morgan fingerprint density at radius 2 is 1.72 bits per heavy atom. The van der Waals surface area contributed by atoms with Crippen molar-refractivity contribution in [1.29, 1.82) is 0 Å². The molecular formula is C25H20BrN3O3. The van der Waals surface area contributed by atoms with Gasteiger partial charge in [-0.25, -0.2) is 4.98 Å². The van der Waals surface area contributed by atoms with Gasteiger partial charge < -0.3 is 14.0 Å². The number of nitrogens with zero attached hydrogens (tertiary/aromatic N) is 3. The lowest BCUT2D eigenvalue weighted by Gasteiger charge is -2.11. The molecule has 5 rings (SSSR count). The molecule has 0 N–H and O–H groups in total. The van der Waals surface area contributed by atoms with Crippen molar-refractivity contribution in [3.05, 3.63) is 76.9 Å². The van der Waals surface area contributed by atoms with Crippen LogP contribution in [0.25, 0.3) is 33.3 Å². The van der Waals surface area contributed by atoms with Gasteiger partial charge in [-0.2, -0.15) is 0 Å². The Labute approximate surface area is 193 Å². The minimum atomic E-state index is -0.193. The van der Waals surface area contributed by atoms with Crippen molar-refractivity contribution in [3.8, 4) is 22.9 Å². The predicted octanol–water partition coefficient (Wildman–Crippen LogP) is 5.66. The first-order valence-electron chi connectivity index (χ1n) is 10.0. The molecule has 7 heteroatoms. The molecular weight excluding hydrogens is 470 g/mol. The molecule has 0 aliphatic rings. The molecule has 0 bridgehead atoms. The number of carbonyl (C=O) groups excluding carboxylic acids is 1. The number of methoxy groups -OCH3 is 2. The van der Waals surface area contributed by atoms with Crippen LogP contribution in [0.15, 0.2) is 71.3 Å². The Hall–Kier alpha value is -3.58. The van der Waals surface area contributed by atoms with E-state index in [0.29, 0.717) is 22.9 Å². The van der Waals surface area contributed by atoms with Crippen molar-refractivity contribution in [2.45, 2.75) is 0 Å². The van der Waals surface area contributed by atoms with Gasteiger partial charge in [-0.1, -0.05) is 28.1 Å². The summed E-state index contributed by atoms with van der Waals surface area (Å²) in [5.41, 5.74) is 3.92. The van der Waals surface area contributed by atoms with Crippen LogP contribution < -0.4 is 9.47 Å². The van der Waals surface area contributed by atoms with Gasteiger partial charge in [0.2, 0.25) is 0 Å². The number of imidazole rings is 1. The topological polar surface area (TPSA) is 58.3 Å². The van der Waals surface area contributed by atoms with Crippen LogP contribution >= 0.6 is 15.9 Å². The fourth-order valence-electron chi connectivity index (χ4n) is 4.05. The Balaban J connectivity index is 1.77. The lowest BCUT2D eigenvalue weighted by atomic mass is 10.1. The van der Waals surface area contributed by atoms with Gasteiger partial charge in [0.15, 0.2) is 11.5 Å². The van der Waals surface area contributed by atoms with Crippen LogP contribution in [0, 0.1) is 0 Å². The van der Waals surface area contributed by atoms with E-state index in [1.54, 1.807) is 37.0 Å². The van der Waals surface area contributed by atoms with Crippen LogP contribution in [-0.2, 0) is 7.05 Å². The van der Waals surface area contributed by atoms with Crippen molar-refractivity contribution in [1.82, 2.24) is 14.1 Å². The van der Waals surface area contributed by atoms with E-state index in [1.165, 1.54) is 0 Å². The van der Waals surface area contributed by atoms with Crippen molar-refractivity contribution in [3.63, 3.8) is 0 Å². The molecule has 0 aliphatic heterocycles. The van der Waals surface area contributed by atoms with Crippen molar-refractivity contribution < 1.29 is 14.3 Å². The number of hydrogen-bond donors (Lipinski definition) is 0. The molecule has 32 heavy (non-hydrogen) atoms. The summed E-state index contributed by atoms with van der Waals surface area (Å²) in [5.74, 6) is 1.47. The molecule has 0 saturated carbocycles. The molecule has 2 aromatic heterocycles. The molecule has 3 aromatic carbocycles. The van der Waals surface area contributed by atoms with Gasteiger partial charge in [0.1, 0.15) is 5.82 Å². The first kappa shape index (κ1) is 20.3. The zero-order valence-corrected chi connectivity index (χ0v) is 19.4. The van der Waals surface area contributed by atoms with Crippen LogP contribution in [0.5, 0.6) is 11.5 Å². The average Bonchev–Trinajstić information content (AvgIpc) is 3.35. The molecule has 160 valence electrons. The van der Waals surface area contributed by atoms with Gasteiger partial charge >= 0.3 is 0 Å². The van der Waals surface area contributed by atoms with E-state index in [0.717, 1.165) is 32.0 Å². The number of rotatable bonds is 4. The van der Waals surface area contributed by atoms with Crippen LogP contribution in [0.3, 0.4) is 0 Å². The van der Waals surface area contributed by atoms with Crippen LogP contribution in [-0.4, -0.2) is 34.2 Å². The SMILES string of the molecule is COc1ccc(C(=O)n2c(-c3cn(C)c4ccc(Br)cc34)nc3ccccc32)cc1OC. The highest BCUT2D eigenvalue weighted by molar-refractivity contribution is 9.10. The summed E-state index contributed by atoms with van der Waals surface area (Å²) < 4.78 is 15.4. The second-order valence-electron chi connectivity index (χ2n) is 7.45. The van der Waals surface area contributed by atoms with Gasteiger partial charge in [0.25, 0.3) is 5.91 Å². The van der Waals surface area contributed by atoms with Crippen LogP contribution in [0.1, 0.15) is 10.4 Å². The smallest absolute Gasteiger partial charge is 0.264 e. The summed E-state index contributed by atoms with van der Waals surface area (Å²) in [5, 5.41) is 1.01. The third-order valence-electron chi connectivity index (χ3n) is 5.59. The Morgan fingerprint density at radius 3 is 2.50 bits per heavy atom. The molecule has 0 fully saturated rings. The number of aromatic nitrogens is 3. The molecule has 6 nitrogen and oxygen atoms in total. The molecule has 0 amide bonds. The fourth-order valence-corrected chi connectivity index (χ4v) is 4.41. The van der Waals surface area contributed by atoms with Crippen LogP contribution in [0.2, 0.25) is 0 Å². The number of hydrogen-bond acceptors (Lipinski definition) is 4. The highest BCUT2D eigenvalue weighted by atomic mass is 79.9. The Bertz CT molecular complexity index is 1500. The molecule has 0 radical (unpaired) electrons. The van der Waals surface area contributed by atoms with E-state index in [4.69, 9.17) is 14.5 Å². The first-order valence-corrected chi connectivity index (χ1v) is 10.8. The van der Waals surface area contributed by atoms with Gasteiger partial charge in [-0.05, 0) is 48.5 Å². The summed E-state index contributed by atoms with van der Waals surface area (Å²) in [6, 6.07) is 18.9. The Morgan fingerprint density at radius 1 is 0.938 bits per heavy atom. The highest BCUT2D eigenvalue weighted by Gasteiger charge is 2.23. The molecule has 0 spiro atoms. The van der Waals surface area contributed by atoms with Gasteiger partial charge in [-0.3, -0.25) is 9.36 Å². The van der Waals surface area contributed by atoms with E-state index in [-0.39, 0.29) is 5.91 Å². The van der Waals surface area contributed by atoms with Gasteiger partial charge in [-0.15, -0.1) is 0 Å². The number of benzene rings is 3. The van der Waals surface area contributed by atoms with Crippen molar-refractivity contribution in [2.75, 3.05) is 14.2 Å². The number of aryl methyl sites for hydroxylation is 1. The number of halogens is 1. The number of para-hydroxylation sites is 2. The summed E-state index contributed by atoms with van der Waals surface area (Å²) in [4.78, 5) is 18.7. The van der Waals surface area contributed by atoms with Gasteiger partial charge in [0, 0.05) is 39.7 Å². The largest absolute Gasteiger partial charge is 0.493 e. The lowest BCUT2D eigenvalue weighted by Crippen LogP contribution is -2.13. The third kappa shape index (κ3) is 3.17. The van der Waals surface area contributed by atoms with Crippen molar-refractivity contribution >= 4 is 43.8 Å². The second kappa shape index (κ2) is 7.84. The maximum absolute atomic E-state index is 13.8. The molecule has 5 aromatic rings. The summed E-state index contributed by atoms with van der Waals surface area (Å²) >= 11 is 3.57. The molecule has 0 aliphatic carbocycles. The van der Waals surface area contributed by atoms with E-state index in [9.17, 15) is 4.79 Å². The lowest BCUT2D eigenvalue weighted by molar-refractivity contribution is 0.0966. The summed E-state index contributed by atoms with van der Waals surface area (Å²) in [7, 11) is 5.11. The zero-order chi connectivity index (χ0) is 22.4. The normalized spacial score (nSPS) is 11.2. The summed E-state index contributed by atoms with van der Waals surface area (Å²) in [6.07, 6.45) is 2.01. The minimum Gasteiger partial charge on any atom is -0.493 e. The molecule has 0 atom stereocenters. The standard InChI is InChI=1S/C25H20BrN3O3/c1-28-14-18(17-13-16(26)9-10-20(17)28)24-27-19-6-4-5-7-21(19)29(24)25(30)15-8-11-22(31-2)23(12-15)32-3/h4-14H,1-3H3. The predicted molar refractivity (Wildman–Crippen MR) is 129 cm³/mol. The first-order chi connectivity index (χ1) is 15.5. The fraction of sp³-hybridized carbons (Fsp3) is 0.120. The minimum absolute atomic E-state index is 0.193. The quantitative estimate of drug-likeness (QED) is 0.326. The van der Waals surface area contributed by atoms with Crippen LogP contribution in [0.4, 0.5) is 0 Å². The number of ether oxygens (including phenoxy) is 2. The molecule has 0 unspecified atom stereocenters. The zero-order valence-electron chi connectivity index (χ0n) is 17.8. The third-order valence-corrected chi connectivity index (χ3v) is 6.08. The second-order valence-corrected chi connectivity index (χ2v) is 8.37. The summed E-state index contributed by atoms with van der Waals surface area (Å²) in [6.45, 7) is 0. The molecule has 0 saturated heterocycles. The average molecular weight is 490 g/mol. The van der Waals surface area contributed by atoms with E-state index in [1.807, 2.05) is 54.2 Å². The van der Waals surface area contributed by atoms with Crippen molar-refractivity contribution in [2.24, 2.45) is 7.05 Å². The number of fused-ring (bicyclic) bond motifs is 2. The Kier molecular flexibility index (Phi) is 4.98. The van der Waals surface area contributed by atoms with E-state index in [2.05, 4.69) is 22.0 Å². The molecule has 2 heterocycles. The van der Waals surface area contributed by atoms with Gasteiger partial charge in [0.05, 0.1) is 25.3 Å². The maximum Gasteiger partial charge on any atom is 0.264 e.